The van der Waals surface area contributed by atoms with Crippen LogP contribution in [-0.2, 0) is 11.3 Å². The zero-order valence-corrected chi connectivity index (χ0v) is 11.8. The fourth-order valence-electron chi connectivity index (χ4n) is 2.11. The van der Waals surface area contributed by atoms with Gasteiger partial charge >= 0.3 is 0 Å². The van der Waals surface area contributed by atoms with Crippen molar-refractivity contribution in [2.75, 3.05) is 13.2 Å². The van der Waals surface area contributed by atoms with E-state index in [1.54, 1.807) is 0 Å². The Morgan fingerprint density at radius 3 is 2.15 bits per heavy atom. The lowest BCUT2D eigenvalue weighted by Crippen LogP contribution is -1.96. The van der Waals surface area contributed by atoms with Gasteiger partial charge in [-0.25, -0.2) is 0 Å². The molecule has 0 saturated heterocycles. The van der Waals surface area contributed by atoms with E-state index in [0.717, 1.165) is 25.9 Å². The second kappa shape index (κ2) is 8.51. The fourth-order valence-corrected chi connectivity index (χ4v) is 2.11. The van der Waals surface area contributed by atoms with E-state index >= 15 is 0 Å². The highest BCUT2D eigenvalue weighted by molar-refractivity contribution is 5.63. The van der Waals surface area contributed by atoms with Gasteiger partial charge in [0.15, 0.2) is 0 Å². The summed E-state index contributed by atoms with van der Waals surface area (Å²) in [4.78, 5) is 0. The van der Waals surface area contributed by atoms with Gasteiger partial charge in [-0.05, 0) is 36.0 Å². The maximum Gasteiger partial charge on any atom is 0.0716 e. The lowest BCUT2D eigenvalue weighted by molar-refractivity contribution is 0.115. The van der Waals surface area contributed by atoms with Crippen molar-refractivity contribution < 1.29 is 9.84 Å². The minimum absolute atomic E-state index is 0.279. The van der Waals surface area contributed by atoms with Crippen LogP contribution in [0, 0.1) is 0 Å². The number of aliphatic hydroxyl groups excluding tert-OH is 1. The van der Waals surface area contributed by atoms with Gasteiger partial charge in [0, 0.05) is 13.2 Å². The van der Waals surface area contributed by atoms with Crippen LogP contribution in [0.25, 0.3) is 11.1 Å². The Morgan fingerprint density at radius 2 is 1.45 bits per heavy atom. The van der Waals surface area contributed by atoms with Crippen molar-refractivity contribution in [3.05, 3.63) is 60.2 Å². The summed E-state index contributed by atoms with van der Waals surface area (Å²) in [5.41, 5.74) is 3.67. The van der Waals surface area contributed by atoms with Crippen LogP contribution in [0.5, 0.6) is 0 Å². The molecule has 2 rings (SSSR count). The Kier molecular flexibility index (Phi) is 6.28. The summed E-state index contributed by atoms with van der Waals surface area (Å²) in [6.07, 6.45) is 2.92. The molecule has 0 saturated carbocycles. The normalized spacial score (nSPS) is 10.7. The van der Waals surface area contributed by atoms with E-state index in [2.05, 4.69) is 48.5 Å². The van der Waals surface area contributed by atoms with Gasteiger partial charge in [-0.1, -0.05) is 54.6 Å². The molecule has 2 nitrogen and oxygen atoms in total. The Hall–Kier alpha value is -1.64. The molecule has 2 aromatic rings. The van der Waals surface area contributed by atoms with Gasteiger partial charge in [-0.2, -0.15) is 0 Å². The molecule has 0 fully saturated rings. The number of unbranched alkanes of at least 4 members (excludes halogenated alkanes) is 2. The molecular formula is C18H22O2. The number of aliphatic hydroxyl groups is 1. The second-order valence-electron chi connectivity index (χ2n) is 4.90. The Bertz CT molecular complexity index is 477. The van der Waals surface area contributed by atoms with Crippen LogP contribution < -0.4 is 0 Å². The predicted molar refractivity (Wildman–Crippen MR) is 82.5 cm³/mol. The molecule has 1 N–H and O–H groups in total. The number of benzene rings is 2. The molecule has 0 spiro atoms. The monoisotopic (exact) mass is 270 g/mol. The minimum atomic E-state index is 0.279. The molecule has 0 amide bonds. The third-order valence-corrected chi connectivity index (χ3v) is 3.28. The van der Waals surface area contributed by atoms with Gasteiger partial charge in [0.2, 0.25) is 0 Å². The topological polar surface area (TPSA) is 29.5 Å². The molecule has 0 unspecified atom stereocenters. The molecule has 20 heavy (non-hydrogen) atoms. The van der Waals surface area contributed by atoms with Gasteiger partial charge in [-0.15, -0.1) is 0 Å². The molecule has 0 aromatic heterocycles. The van der Waals surface area contributed by atoms with Crippen LogP contribution in [0.2, 0.25) is 0 Å². The van der Waals surface area contributed by atoms with Crippen molar-refractivity contribution in [1.82, 2.24) is 0 Å². The summed E-state index contributed by atoms with van der Waals surface area (Å²) in [5, 5.41) is 8.68. The van der Waals surface area contributed by atoms with E-state index in [0.29, 0.717) is 6.61 Å². The number of hydrogen-bond acceptors (Lipinski definition) is 2. The molecule has 106 valence electrons. The Balaban J connectivity index is 1.77. The smallest absolute Gasteiger partial charge is 0.0716 e. The average molecular weight is 270 g/mol. The van der Waals surface area contributed by atoms with E-state index in [1.807, 2.05) is 6.07 Å². The molecule has 0 bridgehead atoms. The molecule has 0 aliphatic heterocycles. The second-order valence-corrected chi connectivity index (χ2v) is 4.90. The fraction of sp³-hybridized carbons (Fsp3) is 0.333. The zero-order valence-electron chi connectivity index (χ0n) is 11.8. The molecule has 0 aliphatic rings. The van der Waals surface area contributed by atoms with Crippen molar-refractivity contribution in [3.8, 4) is 11.1 Å². The zero-order chi connectivity index (χ0) is 14.0. The Morgan fingerprint density at radius 1 is 0.750 bits per heavy atom. The summed E-state index contributed by atoms with van der Waals surface area (Å²) in [6.45, 7) is 1.70. The standard InChI is InChI=1S/C18H22O2/c19-13-5-2-6-14-20-15-16-9-11-18(12-10-16)17-7-3-1-4-8-17/h1,3-4,7-12,19H,2,5-6,13-15H2. The van der Waals surface area contributed by atoms with Crippen LogP contribution in [0.3, 0.4) is 0 Å². The first-order chi connectivity index (χ1) is 9.90. The summed E-state index contributed by atoms with van der Waals surface area (Å²) in [7, 11) is 0. The highest BCUT2D eigenvalue weighted by Gasteiger charge is 1.98. The van der Waals surface area contributed by atoms with Gasteiger partial charge in [-0.3, -0.25) is 0 Å². The van der Waals surface area contributed by atoms with E-state index in [4.69, 9.17) is 9.84 Å². The molecule has 0 aliphatic carbocycles. The predicted octanol–water partition coefficient (Wildman–Crippen LogP) is 4.03. The lowest BCUT2D eigenvalue weighted by atomic mass is 10.0. The molecule has 0 heterocycles. The van der Waals surface area contributed by atoms with Gasteiger partial charge < -0.3 is 9.84 Å². The van der Waals surface area contributed by atoms with Crippen molar-refractivity contribution in [2.45, 2.75) is 25.9 Å². The first-order valence-electron chi connectivity index (χ1n) is 7.23. The molecule has 2 heteroatoms. The van der Waals surface area contributed by atoms with Crippen LogP contribution >= 0.6 is 0 Å². The van der Waals surface area contributed by atoms with Crippen molar-refractivity contribution >= 4 is 0 Å². The van der Waals surface area contributed by atoms with Gasteiger partial charge in [0.1, 0.15) is 0 Å². The van der Waals surface area contributed by atoms with E-state index in [9.17, 15) is 0 Å². The van der Waals surface area contributed by atoms with Crippen molar-refractivity contribution in [1.29, 1.82) is 0 Å². The lowest BCUT2D eigenvalue weighted by Gasteiger charge is -2.06. The van der Waals surface area contributed by atoms with E-state index < -0.39 is 0 Å². The Labute approximate surface area is 121 Å². The quantitative estimate of drug-likeness (QED) is 0.734. The van der Waals surface area contributed by atoms with Crippen molar-refractivity contribution in [3.63, 3.8) is 0 Å². The summed E-state index contributed by atoms with van der Waals surface area (Å²) < 4.78 is 5.63. The highest BCUT2D eigenvalue weighted by atomic mass is 16.5. The summed E-state index contributed by atoms with van der Waals surface area (Å²) in [6, 6.07) is 18.9. The number of rotatable bonds is 8. The maximum absolute atomic E-state index is 8.68. The first-order valence-corrected chi connectivity index (χ1v) is 7.23. The van der Waals surface area contributed by atoms with Crippen LogP contribution in [-0.4, -0.2) is 18.3 Å². The third kappa shape index (κ3) is 4.80. The molecule has 0 atom stereocenters. The molecule has 0 radical (unpaired) electrons. The van der Waals surface area contributed by atoms with Crippen molar-refractivity contribution in [2.24, 2.45) is 0 Å². The molecular weight excluding hydrogens is 248 g/mol. The SMILES string of the molecule is OCCCCCOCc1ccc(-c2ccccc2)cc1. The highest BCUT2D eigenvalue weighted by Crippen LogP contribution is 2.19. The van der Waals surface area contributed by atoms with E-state index in [-0.39, 0.29) is 6.61 Å². The average Bonchev–Trinajstić information content (AvgIpc) is 2.52. The largest absolute Gasteiger partial charge is 0.396 e. The van der Waals surface area contributed by atoms with E-state index in [1.165, 1.54) is 16.7 Å². The van der Waals surface area contributed by atoms with Crippen LogP contribution in [0.4, 0.5) is 0 Å². The third-order valence-electron chi connectivity index (χ3n) is 3.28. The van der Waals surface area contributed by atoms with Gasteiger partial charge in [0.05, 0.1) is 6.61 Å². The summed E-state index contributed by atoms with van der Waals surface area (Å²) in [5.74, 6) is 0. The maximum atomic E-state index is 8.68. The number of ether oxygens (including phenoxy) is 1. The van der Waals surface area contributed by atoms with Crippen LogP contribution in [0.15, 0.2) is 54.6 Å². The first kappa shape index (κ1) is 14.8. The molecule has 2 aromatic carbocycles. The van der Waals surface area contributed by atoms with Crippen LogP contribution in [0.1, 0.15) is 24.8 Å². The summed E-state index contributed by atoms with van der Waals surface area (Å²) >= 11 is 0. The minimum Gasteiger partial charge on any atom is -0.396 e. The number of hydrogen-bond donors (Lipinski definition) is 1. The van der Waals surface area contributed by atoms with Gasteiger partial charge in [0.25, 0.3) is 0 Å².